The van der Waals surface area contributed by atoms with E-state index in [1.807, 2.05) is 34.1 Å². The molecule has 0 unspecified atom stereocenters. The maximum Gasteiger partial charge on any atom is 0.323 e. The van der Waals surface area contributed by atoms with Gasteiger partial charge in [0.2, 0.25) is 5.91 Å². The molecule has 0 atom stereocenters. The Morgan fingerprint density at radius 2 is 1.94 bits per heavy atom. The number of urea groups is 1. The highest BCUT2D eigenvalue weighted by Crippen LogP contribution is 2.24. The van der Waals surface area contributed by atoms with Crippen LogP contribution >= 0.6 is 0 Å². The Morgan fingerprint density at radius 1 is 1.11 bits per heavy atom. The first kappa shape index (κ1) is 23.3. The Bertz CT molecular complexity index is 1120. The van der Waals surface area contributed by atoms with Crippen molar-refractivity contribution in [2.24, 2.45) is 0 Å². The van der Waals surface area contributed by atoms with Crippen molar-refractivity contribution in [3.8, 4) is 0 Å². The molecule has 5 rings (SSSR count). The Hall–Kier alpha value is -3.49. The molecule has 1 aromatic heterocycles. The number of ether oxygens (including phenoxy) is 1. The van der Waals surface area contributed by atoms with Gasteiger partial charge in [-0.2, -0.15) is 0 Å². The Kier molecular flexibility index (Phi) is 7.20. The maximum atomic E-state index is 12.7. The summed E-state index contributed by atoms with van der Waals surface area (Å²) in [6, 6.07) is 12.2. The van der Waals surface area contributed by atoms with Gasteiger partial charge in [-0.15, -0.1) is 0 Å². The molecule has 8 heteroatoms. The predicted octanol–water partition coefficient (Wildman–Crippen LogP) is 3.09. The van der Waals surface area contributed by atoms with Crippen LogP contribution in [0.15, 0.2) is 54.7 Å². The van der Waals surface area contributed by atoms with Crippen LogP contribution in [-0.2, 0) is 16.1 Å². The van der Waals surface area contributed by atoms with E-state index in [-0.39, 0.29) is 11.9 Å². The summed E-state index contributed by atoms with van der Waals surface area (Å²) in [7, 11) is 0. The summed E-state index contributed by atoms with van der Waals surface area (Å²) in [5.41, 5.74) is 4.31. The molecule has 35 heavy (non-hydrogen) atoms. The number of hydrogen-bond donors (Lipinski definition) is 1. The molecule has 3 amide bonds. The molecule has 1 fully saturated rings. The molecule has 3 aliphatic heterocycles. The third kappa shape index (κ3) is 5.78. The lowest BCUT2D eigenvalue weighted by molar-refractivity contribution is -0.125. The third-order valence-corrected chi connectivity index (χ3v) is 6.74. The van der Waals surface area contributed by atoms with Crippen LogP contribution in [0, 0.1) is 0 Å². The van der Waals surface area contributed by atoms with Gasteiger partial charge >= 0.3 is 6.03 Å². The SMILES string of the molecule is O=C(/C=C/c1cnc2c(c1)CN(CCN1CCOCC1)C(=O)N2)N1CC=C(c2ccccc2)CC1. The predicted molar refractivity (Wildman–Crippen MR) is 136 cm³/mol. The molecule has 2 aromatic rings. The lowest BCUT2D eigenvalue weighted by Gasteiger charge is -2.32. The molecule has 1 N–H and O–H groups in total. The lowest BCUT2D eigenvalue weighted by atomic mass is 9.99. The van der Waals surface area contributed by atoms with Crippen molar-refractivity contribution in [2.75, 3.05) is 57.8 Å². The number of benzene rings is 1. The van der Waals surface area contributed by atoms with Gasteiger partial charge in [0.15, 0.2) is 0 Å². The monoisotopic (exact) mass is 473 g/mol. The standard InChI is InChI=1S/C27H31N5O3/c33-25(31-10-8-23(9-11-31)22-4-2-1-3-5-22)7-6-21-18-24-20-32(27(34)29-26(24)28-19-21)13-12-30-14-16-35-17-15-30/h1-8,18-19H,9-17,20H2,(H,28,29,34)/b7-6+. The van der Waals surface area contributed by atoms with Crippen LogP contribution in [0.4, 0.5) is 10.6 Å². The summed E-state index contributed by atoms with van der Waals surface area (Å²) >= 11 is 0. The van der Waals surface area contributed by atoms with Gasteiger partial charge in [0, 0.05) is 57.1 Å². The third-order valence-electron chi connectivity index (χ3n) is 6.74. The summed E-state index contributed by atoms with van der Waals surface area (Å²) in [6.07, 6.45) is 8.10. The molecule has 8 nitrogen and oxygen atoms in total. The van der Waals surface area contributed by atoms with E-state index >= 15 is 0 Å². The zero-order chi connectivity index (χ0) is 24.0. The summed E-state index contributed by atoms with van der Waals surface area (Å²) in [6.45, 7) is 6.59. The van der Waals surface area contributed by atoms with Gasteiger partial charge in [-0.3, -0.25) is 15.0 Å². The number of carbonyl (C=O) groups excluding carboxylic acids is 2. The second kappa shape index (κ2) is 10.8. The highest BCUT2D eigenvalue weighted by molar-refractivity contribution is 5.93. The zero-order valence-corrected chi connectivity index (χ0v) is 19.9. The number of nitrogens with one attached hydrogen (secondary N) is 1. The number of carbonyl (C=O) groups is 2. The number of fused-ring (bicyclic) bond motifs is 1. The van der Waals surface area contributed by atoms with E-state index in [1.54, 1.807) is 18.3 Å². The van der Waals surface area contributed by atoms with E-state index < -0.39 is 0 Å². The quantitative estimate of drug-likeness (QED) is 0.653. The van der Waals surface area contributed by atoms with Crippen LogP contribution in [0.1, 0.15) is 23.1 Å². The second-order valence-corrected chi connectivity index (χ2v) is 9.05. The molecule has 0 radical (unpaired) electrons. The van der Waals surface area contributed by atoms with E-state index in [1.165, 1.54) is 11.1 Å². The van der Waals surface area contributed by atoms with Crippen LogP contribution < -0.4 is 5.32 Å². The number of morpholine rings is 1. The van der Waals surface area contributed by atoms with Crippen molar-refractivity contribution < 1.29 is 14.3 Å². The smallest absolute Gasteiger partial charge is 0.323 e. The van der Waals surface area contributed by atoms with Gasteiger partial charge in [-0.05, 0) is 35.3 Å². The molecular weight excluding hydrogens is 442 g/mol. The maximum absolute atomic E-state index is 12.7. The highest BCUT2D eigenvalue weighted by Gasteiger charge is 2.24. The number of anilines is 1. The fourth-order valence-corrected chi connectivity index (χ4v) is 4.63. The molecular formula is C27H31N5O3. The first-order valence-electron chi connectivity index (χ1n) is 12.2. The van der Waals surface area contributed by atoms with Gasteiger partial charge in [0.25, 0.3) is 0 Å². The molecule has 4 heterocycles. The second-order valence-electron chi connectivity index (χ2n) is 9.05. The Morgan fingerprint density at radius 3 is 2.71 bits per heavy atom. The minimum absolute atomic E-state index is 0.00785. The van der Waals surface area contributed by atoms with E-state index in [0.29, 0.717) is 32.0 Å². The van der Waals surface area contributed by atoms with Crippen LogP contribution in [-0.4, -0.2) is 84.1 Å². The average Bonchev–Trinajstić information content (AvgIpc) is 2.92. The highest BCUT2D eigenvalue weighted by atomic mass is 16.5. The Labute approximate surface area is 205 Å². The van der Waals surface area contributed by atoms with Crippen molar-refractivity contribution in [3.63, 3.8) is 0 Å². The largest absolute Gasteiger partial charge is 0.379 e. The van der Waals surface area contributed by atoms with Crippen LogP contribution in [0.25, 0.3) is 11.6 Å². The zero-order valence-electron chi connectivity index (χ0n) is 19.9. The summed E-state index contributed by atoms with van der Waals surface area (Å²) in [5.74, 6) is 0.585. The van der Waals surface area contributed by atoms with Gasteiger partial charge in [-0.25, -0.2) is 9.78 Å². The summed E-state index contributed by atoms with van der Waals surface area (Å²) in [4.78, 5) is 35.6. The van der Waals surface area contributed by atoms with Crippen LogP contribution in [0.2, 0.25) is 0 Å². The molecule has 0 saturated carbocycles. The molecule has 0 spiro atoms. The minimum atomic E-state index is -0.121. The fourth-order valence-electron chi connectivity index (χ4n) is 4.63. The van der Waals surface area contributed by atoms with Gasteiger partial charge < -0.3 is 14.5 Å². The number of hydrogen-bond acceptors (Lipinski definition) is 5. The normalized spacial score (nSPS) is 18.9. The minimum Gasteiger partial charge on any atom is -0.379 e. The van der Waals surface area contributed by atoms with Gasteiger partial charge in [-0.1, -0.05) is 36.4 Å². The van der Waals surface area contributed by atoms with Crippen LogP contribution in [0.3, 0.4) is 0 Å². The number of pyridine rings is 1. The molecule has 1 saturated heterocycles. The van der Waals surface area contributed by atoms with Crippen molar-refractivity contribution >= 4 is 29.4 Å². The van der Waals surface area contributed by atoms with Gasteiger partial charge in [0.05, 0.1) is 19.8 Å². The molecule has 182 valence electrons. The first-order chi connectivity index (χ1) is 17.2. The van der Waals surface area contributed by atoms with E-state index in [4.69, 9.17) is 4.74 Å². The topological polar surface area (TPSA) is 78.0 Å². The van der Waals surface area contributed by atoms with E-state index in [0.717, 1.165) is 50.4 Å². The van der Waals surface area contributed by atoms with Crippen LogP contribution in [0.5, 0.6) is 0 Å². The van der Waals surface area contributed by atoms with Crippen molar-refractivity contribution in [3.05, 3.63) is 71.4 Å². The number of aromatic nitrogens is 1. The van der Waals surface area contributed by atoms with Gasteiger partial charge in [0.1, 0.15) is 5.82 Å². The summed E-state index contributed by atoms with van der Waals surface area (Å²) in [5, 5.41) is 2.89. The van der Waals surface area contributed by atoms with Crippen molar-refractivity contribution in [1.82, 2.24) is 19.7 Å². The van der Waals surface area contributed by atoms with E-state index in [9.17, 15) is 9.59 Å². The first-order valence-corrected chi connectivity index (χ1v) is 12.2. The van der Waals surface area contributed by atoms with E-state index in [2.05, 4.69) is 33.4 Å². The number of nitrogens with zero attached hydrogens (tertiary/aromatic N) is 4. The average molecular weight is 474 g/mol. The van der Waals surface area contributed by atoms with Crippen molar-refractivity contribution in [2.45, 2.75) is 13.0 Å². The number of amides is 3. The molecule has 1 aromatic carbocycles. The Balaban J connectivity index is 1.18. The molecule has 3 aliphatic rings. The molecule has 0 aliphatic carbocycles. The molecule has 0 bridgehead atoms. The fraction of sp³-hybridized carbons (Fsp3) is 0.370. The summed E-state index contributed by atoms with van der Waals surface area (Å²) < 4.78 is 5.39. The number of rotatable bonds is 6. The lowest BCUT2D eigenvalue weighted by Crippen LogP contribution is -2.45. The van der Waals surface area contributed by atoms with Crippen molar-refractivity contribution in [1.29, 1.82) is 0 Å².